The van der Waals surface area contributed by atoms with E-state index in [9.17, 15) is 4.79 Å². The maximum Gasteiger partial charge on any atom is 0.158 e. The van der Waals surface area contributed by atoms with E-state index < -0.39 is 0 Å². The molecule has 0 aromatic heterocycles. The predicted molar refractivity (Wildman–Crippen MR) is 50.9 cm³/mol. The lowest BCUT2D eigenvalue weighted by atomic mass is 9.79. The Balaban J connectivity index is 2.64. The van der Waals surface area contributed by atoms with E-state index in [1.807, 2.05) is 0 Å². The summed E-state index contributed by atoms with van der Waals surface area (Å²) in [4.78, 5) is 11.3. The molecule has 1 aliphatic carbocycles. The molecule has 0 spiro atoms. The molecular formula is C11H18O. The summed E-state index contributed by atoms with van der Waals surface area (Å²) in [5.41, 5.74) is 0. The van der Waals surface area contributed by atoms with Crippen LogP contribution in [-0.4, -0.2) is 5.78 Å². The molecule has 68 valence electrons. The first-order chi connectivity index (χ1) is 5.65. The number of hydrogen-bond donors (Lipinski definition) is 0. The molecule has 2 unspecified atom stereocenters. The van der Waals surface area contributed by atoms with Crippen molar-refractivity contribution < 1.29 is 4.79 Å². The Morgan fingerprint density at radius 1 is 1.58 bits per heavy atom. The van der Waals surface area contributed by atoms with Gasteiger partial charge in [0.25, 0.3) is 0 Å². The van der Waals surface area contributed by atoms with Crippen molar-refractivity contribution in [3.63, 3.8) is 0 Å². The Morgan fingerprint density at radius 3 is 2.75 bits per heavy atom. The van der Waals surface area contributed by atoms with Crippen LogP contribution in [-0.2, 0) is 4.79 Å². The molecule has 2 atom stereocenters. The lowest BCUT2D eigenvalue weighted by molar-refractivity contribution is -0.119. The second-order valence-electron chi connectivity index (χ2n) is 4.01. The summed E-state index contributed by atoms with van der Waals surface area (Å²) in [6, 6.07) is 0. The highest BCUT2D eigenvalue weighted by atomic mass is 16.1. The van der Waals surface area contributed by atoms with Gasteiger partial charge in [-0.25, -0.2) is 0 Å². The van der Waals surface area contributed by atoms with E-state index in [0.29, 0.717) is 23.5 Å². The van der Waals surface area contributed by atoms with Crippen LogP contribution >= 0.6 is 0 Å². The fourth-order valence-electron chi connectivity index (χ4n) is 1.74. The maximum absolute atomic E-state index is 11.3. The summed E-state index contributed by atoms with van der Waals surface area (Å²) in [5.74, 6) is 1.91. The van der Waals surface area contributed by atoms with E-state index in [1.54, 1.807) is 6.08 Å². The summed E-state index contributed by atoms with van der Waals surface area (Å²) in [7, 11) is 0. The van der Waals surface area contributed by atoms with Gasteiger partial charge in [0.15, 0.2) is 5.78 Å². The van der Waals surface area contributed by atoms with Crippen LogP contribution in [0.2, 0.25) is 0 Å². The number of hydrogen-bond acceptors (Lipinski definition) is 1. The summed E-state index contributed by atoms with van der Waals surface area (Å²) in [6.45, 7) is 6.54. The van der Waals surface area contributed by atoms with Crippen molar-refractivity contribution in [2.75, 3.05) is 0 Å². The molecule has 0 aliphatic heterocycles. The van der Waals surface area contributed by atoms with E-state index in [1.165, 1.54) is 0 Å². The first-order valence-electron chi connectivity index (χ1n) is 4.87. The normalized spacial score (nSPS) is 29.8. The van der Waals surface area contributed by atoms with Gasteiger partial charge in [0.1, 0.15) is 0 Å². The number of carbonyl (C=O) groups excluding carboxylic acids is 1. The van der Waals surface area contributed by atoms with Crippen LogP contribution in [0, 0.1) is 17.8 Å². The van der Waals surface area contributed by atoms with Crippen LogP contribution in [0.3, 0.4) is 0 Å². The second kappa shape index (κ2) is 3.88. The quantitative estimate of drug-likeness (QED) is 0.616. The van der Waals surface area contributed by atoms with Gasteiger partial charge in [0.2, 0.25) is 0 Å². The number of carbonyl (C=O) groups is 1. The van der Waals surface area contributed by atoms with Crippen molar-refractivity contribution in [3.05, 3.63) is 12.2 Å². The third-order valence-corrected chi connectivity index (χ3v) is 2.82. The van der Waals surface area contributed by atoms with Gasteiger partial charge in [-0.2, -0.15) is 0 Å². The molecule has 0 saturated carbocycles. The van der Waals surface area contributed by atoms with Gasteiger partial charge in [0, 0.05) is 5.92 Å². The van der Waals surface area contributed by atoms with Crippen molar-refractivity contribution >= 4 is 5.78 Å². The van der Waals surface area contributed by atoms with Crippen molar-refractivity contribution in [3.8, 4) is 0 Å². The highest BCUT2D eigenvalue weighted by Gasteiger charge is 2.24. The van der Waals surface area contributed by atoms with E-state index in [4.69, 9.17) is 0 Å². The molecule has 0 N–H and O–H groups in total. The van der Waals surface area contributed by atoms with Crippen molar-refractivity contribution in [2.45, 2.75) is 33.6 Å². The van der Waals surface area contributed by atoms with Crippen LogP contribution in [0.4, 0.5) is 0 Å². The first-order valence-corrected chi connectivity index (χ1v) is 4.87. The topological polar surface area (TPSA) is 17.1 Å². The van der Waals surface area contributed by atoms with Gasteiger partial charge in [-0.15, -0.1) is 0 Å². The maximum atomic E-state index is 11.3. The van der Waals surface area contributed by atoms with Crippen LogP contribution in [0.15, 0.2) is 12.2 Å². The molecule has 0 aromatic rings. The monoisotopic (exact) mass is 166 g/mol. The Bertz CT molecular complexity index is 191. The molecule has 0 saturated heterocycles. The third kappa shape index (κ3) is 1.96. The largest absolute Gasteiger partial charge is 0.295 e. The predicted octanol–water partition coefficient (Wildman–Crippen LogP) is 2.81. The average Bonchev–Trinajstić information content (AvgIpc) is 2.05. The highest BCUT2D eigenvalue weighted by molar-refractivity contribution is 5.92. The molecule has 0 aromatic carbocycles. The van der Waals surface area contributed by atoms with Crippen molar-refractivity contribution in [2.24, 2.45) is 17.8 Å². The summed E-state index contributed by atoms with van der Waals surface area (Å²) >= 11 is 0. The molecule has 1 heteroatoms. The molecule has 1 nitrogen and oxygen atoms in total. The number of ketones is 1. The molecule has 0 heterocycles. The Labute approximate surface area is 74.9 Å². The molecule has 0 radical (unpaired) electrons. The second-order valence-corrected chi connectivity index (χ2v) is 4.01. The lowest BCUT2D eigenvalue weighted by Crippen LogP contribution is -2.22. The molecule has 0 amide bonds. The van der Waals surface area contributed by atoms with Crippen LogP contribution < -0.4 is 0 Å². The van der Waals surface area contributed by atoms with E-state index >= 15 is 0 Å². The van der Waals surface area contributed by atoms with Crippen molar-refractivity contribution in [1.82, 2.24) is 0 Å². The third-order valence-electron chi connectivity index (χ3n) is 2.82. The minimum atomic E-state index is 0.294. The number of rotatable bonds is 2. The van der Waals surface area contributed by atoms with Gasteiger partial charge in [-0.3, -0.25) is 4.79 Å². The molecule has 12 heavy (non-hydrogen) atoms. The van der Waals surface area contributed by atoms with Crippen LogP contribution in [0.1, 0.15) is 33.6 Å². The molecule has 1 rings (SSSR count). The molecule has 1 aliphatic rings. The molecule has 0 bridgehead atoms. The zero-order valence-electron chi connectivity index (χ0n) is 8.21. The fraction of sp³-hybridized carbons (Fsp3) is 0.727. The van der Waals surface area contributed by atoms with Gasteiger partial charge < -0.3 is 0 Å². The van der Waals surface area contributed by atoms with Crippen LogP contribution in [0.5, 0.6) is 0 Å². The van der Waals surface area contributed by atoms with Crippen molar-refractivity contribution in [1.29, 1.82) is 0 Å². The Kier molecular flexibility index (Phi) is 3.07. The average molecular weight is 166 g/mol. The SMILES string of the molecule is CCC1CC(C(C)C)C=CC1=O. The van der Waals surface area contributed by atoms with E-state index in [-0.39, 0.29) is 0 Å². The molecule has 0 fully saturated rings. The number of allylic oxidation sites excluding steroid dienone is 2. The minimum absolute atomic E-state index is 0.294. The summed E-state index contributed by atoms with van der Waals surface area (Å²) in [6.07, 6.45) is 5.91. The standard InChI is InChI=1S/C11H18O/c1-4-9-7-10(8(2)3)5-6-11(9)12/h5-6,8-10H,4,7H2,1-3H3. The summed E-state index contributed by atoms with van der Waals surface area (Å²) < 4.78 is 0. The smallest absolute Gasteiger partial charge is 0.158 e. The fourth-order valence-corrected chi connectivity index (χ4v) is 1.74. The minimum Gasteiger partial charge on any atom is -0.295 e. The Hall–Kier alpha value is -0.590. The first kappa shape index (κ1) is 9.50. The van der Waals surface area contributed by atoms with Gasteiger partial charge in [-0.1, -0.05) is 26.8 Å². The van der Waals surface area contributed by atoms with Gasteiger partial charge >= 0.3 is 0 Å². The summed E-state index contributed by atoms with van der Waals surface area (Å²) in [5, 5.41) is 0. The lowest BCUT2D eigenvalue weighted by Gasteiger charge is -2.25. The zero-order chi connectivity index (χ0) is 9.14. The van der Waals surface area contributed by atoms with E-state index in [0.717, 1.165) is 12.8 Å². The van der Waals surface area contributed by atoms with Gasteiger partial charge in [0.05, 0.1) is 0 Å². The zero-order valence-corrected chi connectivity index (χ0v) is 8.21. The van der Waals surface area contributed by atoms with E-state index in [2.05, 4.69) is 26.8 Å². The molecular weight excluding hydrogens is 148 g/mol. The Morgan fingerprint density at radius 2 is 2.25 bits per heavy atom. The van der Waals surface area contributed by atoms with Gasteiger partial charge in [-0.05, 0) is 30.8 Å². The van der Waals surface area contributed by atoms with Crippen LogP contribution in [0.25, 0.3) is 0 Å². The highest BCUT2D eigenvalue weighted by Crippen LogP contribution is 2.28.